The molecule has 1 aromatic rings. The molecule has 0 aliphatic carbocycles. The van der Waals surface area contributed by atoms with Crippen molar-refractivity contribution in [1.29, 1.82) is 0 Å². The molecule has 0 saturated heterocycles. The van der Waals surface area contributed by atoms with Crippen LogP contribution in [-0.2, 0) is 9.53 Å². The van der Waals surface area contributed by atoms with Gasteiger partial charge in [0, 0.05) is 5.69 Å². The summed E-state index contributed by atoms with van der Waals surface area (Å²) in [4.78, 5) is 25.1. The quantitative estimate of drug-likeness (QED) is 0.823. The van der Waals surface area contributed by atoms with Crippen LogP contribution in [0.1, 0.15) is 24.2 Å². The van der Waals surface area contributed by atoms with Crippen LogP contribution in [0.2, 0.25) is 0 Å². The summed E-state index contributed by atoms with van der Waals surface area (Å²) in [6.45, 7) is 3.93. The minimum absolute atomic E-state index is 0.0890. The Morgan fingerprint density at radius 2 is 1.84 bits per heavy atom. The van der Waals surface area contributed by atoms with Crippen LogP contribution in [-0.4, -0.2) is 43.5 Å². The molecule has 0 radical (unpaired) electrons. The number of anilines is 1. The number of likely N-dealkylation sites (N-methyl/N-ethyl adjacent to an activating group) is 1. The third-order valence-corrected chi connectivity index (χ3v) is 2.82. The lowest BCUT2D eigenvalue weighted by Crippen LogP contribution is -2.37. The molecule has 0 aliphatic heterocycles. The highest BCUT2D eigenvalue weighted by molar-refractivity contribution is 5.95. The molecule has 1 unspecified atom stereocenters. The van der Waals surface area contributed by atoms with Crippen molar-refractivity contribution in [3.05, 3.63) is 29.8 Å². The number of carbonyl (C=O) groups is 2. The zero-order chi connectivity index (χ0) is 14.4. The summed E-state index contributed by atoms with van der Waals surface area (Å²) in [6.07, 6.45) is 0. The molecule has 0 spiro atoms. The van der Waals surface area contributed by atoms with Gasteiger partial charge in [-0.05, 0) is 52.2 Å². The fraction of sp³-hybridized carbons (Fsp3) is 0.429. The van der Waals surface area contributed by atoms with Gasteiger partial charge in [-0.25, -0.2) is 4.79 Å². The molecule has 19 heavy (non-hydrogen) atoms. The Morgan fingerprint density at radius 3 is 2.32 bits per heavy atom. The third kappa shape index (κ3) is 4.37. The molecule has 0 aliphatic rings. The fourth-order valence-electron chi connectivity index (χ4n) is 1.39. The van der Waals surface area contributed by atoms with Gasteiger partial charge < -0.3 is 10.1 Å². The molecule has 0 fully saturated rings. The first-order valence-electron chi connectivity index (χ1n) is 6.20. The number of hydrogen-bond donors (Lipinski definition) is 1. The lowest BCUT2D eigenvalue weighted by molar-refractivity contribution is -0.119. The van der Waals surface area contributed by atoms with Crippen LogP contribution < -0.4 is 5.32 Å². The van der Waals surface area contributed by atoms with Gasteiger partial charge >= 0.3 is 5.97 Å². The van der Waals surface area contributed by atoms with Crippen molar-refractivity contribution >= 4 is 17.6 Å². The maximum atomic E-state index is 11.8. The molecule has 104 valence electrons. The van der Waals surface area contributed by atoms with E-state index < -0.39 is 0 Å². The standard InChI is InChI=1S/C14H20N2O3/c1-5-19-14(18)11-6-8-12(9-7-11)15-13(17)10(2)16(3)4/h6-10H,5H2,1-4H3,(H,15,17). The molecule has 1 N–H and O–H groups in total. The summed E-state index contributed by atoms with van der Waals surface area (Å²) in [6, 6.07) is 6.42. The normalized spacial score (nSPS) is 12.1. The second kappa shape index (κ2) is 6.89. The number of rotatable bonds is 5. The summed E-state index contributed by atoms with van der Waals surface area (Å²) in [5.41, 5.74) is 1.13. The van der Waals surface area contributed by atoms with Crippen LogP contribution in [0, 0.1) is 0 Å². The molecule has 5 heteroatoms. The predicted molar refractivity (Wildman–Crippen MR) is 74.2 cm³/mol. The molecule has 1 atom stereocenters. The molecular formula is C14H20N2O3. The Hall–Kier alpha value is -1.88. The van der Waals surface area contributed by atoms with Crippen molar-refractivity contribution in [3.63, 3.8) is 0 Å². The van der Waals surface area contributed by atoms with Crippen molar-refractivity contribution in [2.24, 2.45) is 0 Å². The zero-order valence-electron chi connectivity index (χ0n) is 11.8. The predicted octanol–water partition coefficient (Wildman–Crippen LogP) is 1.75. The van der Waals surface area contributed by atoms with E-state index in [1.165, 1.54) is 0 Å². The van der Waals surface area contributed by atoms with Crippen molar-refractivity contribution < 1.29 is 14.3 Å². The number of nitrogens with zero attached hydrogens (tertiary/aromatic N) is 1. The second-order valence-electron chi connectivity index (χ2n) is 4.43. The second-order valence-corrected chi connectivity index (χ2v) is 4.43. The lowest BCUT2D eigenvalue weighted by Gasteiger charge is -2.18. The number of carbonyl (C=O) groups excluding carboxylic acids is 2. The van der Waals surface area contributed by atoms with Crippen molar-refractivity contribution in [2.75, 3.05) is 26.0 Å². The summed E-state index contributed by atoms with van der Waals surface area (Å²) >= 11 is 0. The molecule has 5 nitrogen and oxygen atoms in total. The summed E-state index contributed by atoms with van der Waals surface area (Å²) < 4.78 is 4.89. The molecular weight excluding hydrogens is 244 g/mol. The molecule has 1 rings (SSSR count). The van der Waals surface area contributed by atoms with Crippen LogP contribution >= 0.6 is 0 Å². The van der Waals surface area contributed by atoms with Crippen molar-refractivity contribution in [3.8, 4) is 0 Å². The van der Waals surface area contributed by atoms with Gasteiger partial charge in [0.05, 0.1) is 18.2 Å². The lowest BCUT2D eigenvalue weighted by atomic mass is 10.2. The Morgan fingerprint density at radius 1 is 1.26 bits per heavy atom. The highest BCUT2D eigenvalue weighted by atomic mass is 16.5. The smallest absolute Gasteiger partial charge is 0.338 e. The molecule has 0 bridgehead atoms. The largest absolute Gasteiger partial charge is 0.462 e. The van der Waals surface area contributed by atoms with E-state index in [-0.39, 0.29) is 17.9 Å². The van der Waals surface area contributed by atoms with Crippen LogP contribution in [0.25, 0.3) is 0 Å². The Labute approximate surface area is 113 Å². The van der Waals surface area contributed by atoms with Crippen molar-refractivity contribution in [1.82, 2.24) is 4.90 Å². The molecule has 1 aromatic carbocycles. The fourth-order valence-corrected chi connectivity index (χ4v) is 1.39. The van der Waals surface area contributed by atoms with Crippen LogP contribution in [0.4, 0.5) is 5.69 Å². The number of hydrogen-bond acceptors (Lipinski definition) is 4. The van der Waals surface area contributed by atoms with E-state index in [1.54, 1.807) is 31.2 Å². The summed E-state index contributed by atoms with van der Waals surface area (Å²) in [7, 11) is 3.68. The van der Waals surface area contributed by atoms with E-state index >= 15 is 0 Å². The van der Waals surface area contributed by atoms with E-state index in [0.29, 0.717) is 17.9 Å². The first-order chi connectivity index (χ1) is 8.95. The Balaban J connectivity index is 2.67. The van der Waals surface area contributed by atoms with Gasteiger partial charge in [0.1, 0.15) is 0 Å². The number of nitrogens with one attached hydrogen (secondary N) is 1. The topological polar surface area (TPSA) is 58.6 Å². The number of ether oxygens (including phenoxy) is 1. The van der Waals surface area contributed by atoms with Crippen LogP contribution in [0.15, 0.2) is 24.3 Å². The average Bonchev–Trinajstić information content (AvgIpc) is 2.38. The van der Waals surface area contributed by atoms with Gasteiger partial charge in [0.2, 0.25) is 5.91 Å². The van der Waals surface area contributed by atoms with Gasteiger partial charge in [-0.1, -0.05) is 0 Å². The minimum Gasteiger partial charge on any atom is -0.462 e. The number of esters is 1. The van der Waals surface area contributed by atoms with Crippen LogP contribution in [0.5, 0.6) is 0 Å². The summed E-state index contributed by atoms with van der Waals surface area (Å²) in [5, 5.41) is 2.79. The average molecular weight is 264 g/mol. The summed E-state index contributed by atoms with van der Waals surface area (Å²) in [5.74, 6) is -0.448. The SMILES string of the molecule is CCOC(=O)c1ccc(NC(=O)C(C)N(C)C)cc1. The number of amides is 1. The highest BCUT2D eigenvalue weighted by Crippen LogP contribution is 2.11. The minimum atomic E-state index is -0.359. The van der Waals surface area contributed by atoms with E-state index in [4.69, 9.17) is 4.74 Å². The van der Waals surface area contributed by atoms with E-state index in [9.17, 15) is 9.59 Å². The molecule has 0 aromatic heterocycles. The van der Waals surface area contributed by atoms with E-state index in [2.05, 4.69) is 5.32 Å². The number of benzene rings is 1. The van der Waals surface area contributed by atoms with E-state index in [1.807, 2.05) is 25.9 Å². The Kier molecular flexibility index (Phi) is 5.51. The van der Waals surface area contributed by atoms with Gasteiger partial charge in [0.15, 0.2) is 0 Å². The van der Waals surface area contributed by atoms with Crippen LogP contribution in [0.3, 0.4) is 0 Å². The van der Waals surface area contributed by atoms with Gasteiger partial charge in [-0.15, -0.1) is 0 Å². The first kappa shape index (κ1) is 15.2. The highest BCUT2D eigenvalue weighted by Gasteiger charge is 2.15. The molecule has 1 amide bonds. The van der Waals surface area contributed by atoms with Gasteiger partial charge in [0.25, 0.3) is 0 Å². The monoisotopic (exact) mass is 264 g/mol. The van der Waals surface area contributed by atoms with E-state index in [0.717, 1.165) is 0 Å². The van der Waals surface area contributed by atoms with Gasteiger partial charge in [-0.2, -0.15) is 0 Å². The third-order valence-electron chi connectivity index (χ3n) is 2.82. The zero-order valence-corrected chi connectivity index (χ0v) is 11.8. The maximum absolute atomic E-state index is 11.8. The van der Waals surface area contributed by atoms with Gasteiger partial charge in [-0.3, -0.25) is 9.69 Å². The maximum Gasteiger partial charge on any atom is 0.338 e. The van der Waals surface area contributed by atoms with Crippen molar-refractivity contribution in [2.45, 2.75) is 19.9 Å². The molecule has 0 heterocycles. The Bertz CT molecular complexity index is 441. The molecule has 0 saturated carbocycles. The first-order valence-corrected chi connectivity index (χ1v) is 6.20.